The summed E-state index contributed by atoms with van der Waals surface area (Å²) < 4.78 is 0. The normalized spacial score (nSPS) is 33.0. The highest BCUT2D eigenvalue weighted by Crippen LogP contribution is 2.49. The highest BCUT2D eigenvalue weighted by molar-refractivity contribution is 6.04. The van der Waals surface area contributed by atoms with E-state index in [1.165, 1.54) is 30.6 Å². The highest BCUT2D eigenvalue weighted by Gasteiger charge is 2.42. The van der Waals surface area contributed by atoms with Crippen LogP contribution < -0.4 is 5.32 Å². The number of nitrogens with zero attached hydrogens (tertiary/aromatic N) is 2. The molecule has 3 rings (SSSR count). The number of nitrogens with one attached hydrogen (secondary N) is 1. The highest BCUT2D eigenvalue weighted by atomic mass is 16.2. The van der Waals surface area contributed by atoms with Gasteiger partial charge in [-0.1, -0.05) is 6.42 Å². The minimum Gasteiger partial charge on any atom is -0.352 e. The second-order valence-corrected chi connectivity index (χ2v) is 6.81. The van der Waals surface area contributed by atoms with Crippen molar-refractivity contribution in [2.24, 2.45) is 17.8 Å². The van der Waals surface area contributed by atoms with Gasteiger partial charge in [-0.3, -0.25) is 14.5 Å². The molecule has 1 N–H and O–H groups in total. The van der Waals surface area contributed by atoms with Crippen molar-refractivity contribution in [3.8, 4) is 0 Å². The van der Waals surface area contributed by atoms with Gasteiger partial charge in [0.25, 0.3) is 5.91 Å². The maximum absolute atomic E-state index is 12.1. The van der Waals surface area contributed by atoms with Crippen LogP contribution in [0.5, 0.6) is 0 Å². The standard InChI is InChI=1S/C15H23N3O3/c1-9(12-6-10-3-4-11(12)5-10)16-13(19)7-18-14(20)8-17(2)15(18)21/h9-12H,3-8H2,1-2H3,(H,16,19). The summed E-state index contributed by atoms with van der Waals surface area (Å²) in [6.07, 6.45) is 5.13. The third-order valence-corrected chi connectivity index (χ3v) is 5.36. The van der Waals surface area contributed by atoms with E-state index in [0.717, 1.165) is 16.7 Å². The van der Waals surface area contributed by atoms with Crippen molar-refractivity contribution in [3.63, 3.8) is 0 Å². The zero-order valence-electron chi connectivity index (χ0n) is 12.7. The molecule has 2 saturated carbocycles. The van der Waals surface area contributed by atoms with Gasteiger partial charge in [0.05, 0.1) is 0 Å². The van der Waals surface area contributed by atoms with E-state index >= 15 is 0 Å². The molecule has 2 aliphatic carbocycles. The summed E-state index contributed by atoms with van der Waals surface area (Å²) in [4.78, 5) is 37.9. The SMILES string of the molecule is CC(NC(=O)CN1C(=O)CN(C)C1=O)C1CC2CCC1C2. The van der Waals surface area contributed by atoms with Crippen LogP contribution in [-0.2, 0) is 9.59 Å². The van der Waals surface area contributed by atoms with Crippen molar-refractivity contribution < 1.29 is 14.4 Å². The fourth-order valence-electron chi connectivity index (χ4n) is 4.28. The van der Waals surface area contributed by atoms with Gasteiger partial charge in [-0.2, -0.15) is 0 Å². The Morgan fingerprint density at radius 3 is 2.62 bits per heavy atom. The van der Waals surface area contributed by atoms with Crippen molar-refractivity contribution in [2.45, 2.75) is 38.6 Å². The maximum Gasteiger partial charge on any atom is 0.327 e. The molecule has 0 spiro atoms. The Morgan fingerprint density at radius 2 is 2.10 bits per heavy atom. The number of hydrogen-bond acceptors (Lipinski definition) is 3. The molecule has 1 heterocycles. The lowest BCUT2D eigenvalue weighted by atomic mass is 9.84. The lowest BCUT2D eigenvalue weighted by Gasteiger charge is -2.29. The van der Waals surface area contributed by atoms with Gasteiger partial charge >= 0.3 is 6.03 Å². The topological polar surface area (TPSA) is 69.7 Å². The first-order chi connectivity index (χ1) is 9.95. The van der Waals surface area contributed by atoms with Crippen molar-refractivity contribution in [1.82, 2.24) is 15.1 Å². The van der Waals surface area contributed by atoms with Gasteiger partial charge in [-0.15, -0.1) is 0 Å². The average Bonchev–Trinajstić information content (AvgIpc) is 3.10. The summed E-state index contributed by atoms with van der Waals surface area (Å²) in [6, 6.07) is -0.263. The molecule has 3 aliphatic rings. The van der Waals surface area contributed by atoms with Gasteiger partial charge in [0.1, 0.15) is 13.1 Å². The van der Waals surface area contributed by atoms with E-state index in [-0.39, 0.29) is 37.0 Å². The van der Waals surface area contributed by atoms with E-state index in [1.54, 1.807) is 7.05 Å². The van der Waals surface area contributed by atoms with E-state index in [2.05, 4.69) is 5.32 Å². The summed E-state index contributed by atoms with van der Waals surface area (Å²) in [6.45, 7) is 1.95. The number of carbonyl (C=O) groups is 3. The molecular weight excluding hydrogens is 270 g/mol. The minimum atomic E-state index is -0.386. The first-order valence-corrected chi connectivity index (χ1v) is 7.80. The summed E-state index contributed by atoms with van der Waals surface area (Å²) >= 11 is 0. The minimum absolute atomic E-state index is 0.0635. The van der Waals surface area contributed by atoms with Gasteiger partial charge < -0.3 is 10.2 Å². The van der Waals surface area contributed by atoms with Crippen LogP contribution in [0.1, 0.15) is 32.6 Å². The quantitative estimate of drug-likeness (QED) is 0.780. The second-order valence-electron chi connectivity index (χ2n) is 6.81. The first kappa shape index (κ1) is 14.4. The number of imide groups is 1. The lowest BCUT2D eigenvalue weighted by molar-refractivity contribution is -0.131. The summed E-state index contributed by atoms with van der Waals surface area (Å²) in [5.74, 6) is 1.61. The van der Waals surface area contributed by atoms with Crippen LogP contribution in [0.3, 0.4) is 0 Å². The molecule has 0 aromatic heterocycles. The van der Waals surface area contributed by atoms with Gasteiger partial charge in [0.2, 0.25) is 5.91 Å². The van der Waals surface area contributed by atoms with Crippen molar-refractivity contribution in [3.05, 3.63) is 0 Å². The monoisotopic (exact) mass is 293 g/mol. The number of urea groups is 1. The fraction of sp³-hybridized carbons (Fsp3) is 0.800. The predicted molar refractivity (Wildman–Crippen MR) is 76.3 cm³/mol. The van der Waals surface area contributed by atoms with Gasteiger partial charge in [0, 0.05) is 13.1 Å². The van der Waals surface area contributed by atoms with E-state index in [1.807, 2.05) is 6.92 Å². The summed E-state index contributed by atoms with van der Waals surface area (Å²) in [7, 11) is 1.57. The molecule has 0 radical (unpaired) electrons. The Balaban J connectivity index is 1.52. The molecule has 4 atom stereocenters. The Morgan fingerprint density at radius 1 is 1.33 bits per heavy atom. The number of likely N-dealkylation sites (N-methyl/N-ethyl adjacent to an activating group) is 1. The number of rotatable bonds is 4. The van der Waals surface area contributed by atoms with Crippen LogP contribution in [0, 0.1) is 17.8 Å². The third-order valence-electron chi connectivity index (χ3n) is 5.36. The number of hydrogen-bond donors (Lipinski definition) is 1. The molecule has 6 heteroatoms. The molecule has 1 aliphatic heterocycles. The van der Waals surface area contributed by atoms with E-state index in [0.29, 0.717) is 5.92 Å². The third kappa shape index (κ3) is 2.63. The van der Waals surface area contributed by atoms with E-state index in [9.17, 15) is 14.4 Å². The van der Waals surface area contributed by atoms with Gasteiger partial charge in [-0.25, -0.2) is 4.79 Å². The van der Waals surface area contributed by atoms with Crippen LogP contribution in [0.2, 0.25) is 0 Å². The van der Waals surface area contributed by atoms with E-state index in [4.69, 9.17) is 0 Å². The average molecular weight is 293 g/mol. The first-order valence-electron chi connectivity index (χ1n) is 7.80. The largest absolute Gasteiger partial charge is 0.352 e. The molecule has 4 amide bonds. The molecule has 4 unspecified atom stereocenters. The Kier molecular flexibility index (Phi) is 3.63. The van der Waals surface area contributed by atoms with Crippen LogP contribution in [0.4, 0.5) is 4.79 Å². The van der Waals surface area contributed by atoms with Crippen molar-refractivity contribution in [2.75, 3.05) is 20.1 Å². The van der Waals surface area contributed by atoms with Crippen molar-refractivity contribution >= 4 is 17.8 Å². The molecule has 6 nitrogen and oxygen atoms in total. The van der Waals surface area contributed by atoms with Crippen molar-refractivity contribution in [1.29, 1.82) is 0 Å². The van der Waals surface area contributed by atoms with Crippen LogP contribution in [0.15, 0.2) is 0 Å². The van der Waals surface area contributed by atoms with Crippen LogP contribution >= 0.6 is 0 Å². The number of carbonyl (C=O) groups excluding carboxylic acids is 3. The molecule has 3 fully saturated rings. The Bertz CT molecular complexity index is 479. The molecule has 2 bridgehead atoms. The fourth-order valence-corrected chi connectivity index (χ4v) is 4.28. The zero-order valence-corrected chi connectivity index (χ0v) is 12.7. The summed E-state index contributed by atoms with van der Waals surface area (Å²) in [5, 5.41) is 2.99. The maximum atomic E-state index is 12.1. The van der Waals surface area contributed by atoms with Gasteiger partial charge in [-0.05, 0) is 43.9 Å². The molecule has 21 heavy (non-hydrogen) atoms. The number of fused-ring (bicyclic) bond motifs is 2. The number of amides is 4. The molecule has 116 valence electrons. The molecule has 0 aromatic carbocycles. The van der Waals surface area contributed by atoms with Crippen LogP contribution in [0.25, 0.3) is 0 Å². The molecular formula is C15H23N3O3. The molecule has 1 saturated heterocycles. The lowest BCUT2D eigenvalue weighted by Crippen LogP contribution is -2.46. The smallest absolute Gasteiger partial charge is 0.327 e. The second kappa shape index (κ2) is 5.31. The zero-order chi connectivity index (χ0) is 15.1. The van der Waals surface area contributed by atoms with E-state index < -0.39 is 0 Å². The Hall–Kier alpha value is -1.59. The summed E-state index contributed by atoms with van der Waals surface area (Å²) in [5.41, 5.74) is 0. The van der Waals surface area contributed by atoms with Gasteiger partial charge in [0.15, 0.2) is 0 Å². The van der Waals surface area contributed by atoms with Crippen LogP contribution in [-0.4, -0.2) is 53.8 Å². The Labute approximate surface area is 124 Å². The predicted octanol–water partition coefficient (Wildman–Crippen LogP) is 0.821. The molecule has 0 aromatic rings.